The molecule has 2 bridgehead atoms. The van der Waals surface area contributed by atoms with Gasteiger partial charge in [0.25, 0.3) is 11.8 Å². The molecule has 1 aromatic rings. The Hall–Kier alpha value is -5.37. The average Bonchev–Trinajstić information content (AvgIpc) is 3.19. The molecule has 1 aromatic carbocycles. The zero-order chi connectivity index (χ0) is 46.3. The second-order valence-corrected chi connectivity index (χ2v) is 15.8. The number of cyclic esters (lactones) is 1. The maximum absolute atomic E-state index is 14.3. The largest absolute Gasteiger partial charge is 0.544 e. The molecule has 0 aliphatic carbocycles. The van der Waals surface area contributed by atoms with Crippen molar-refractivity contribution in [2.24, 2.45) is 17.8 Å². The van der Waals surface area contributed by atoms with Crippen LogP contribution >= 0.6 is 0 Å². The Morgan fingerprint density at radius 1 is 1.08 bits per heavy atom. The van der Waals surface area contributed by atoms with Gasteiger partial charge in [-0.1, -0.05) is 69.4 Å². The van der Waals surface area contributed by atoms with E-state index in [0.29, 0.717) is 17.6 Å². The summed E-state index contributed by atoms with van der Waals surface area (Å²) in [6, 6.07) is 2.48. The van der Waals surface area contributed by atoms with E-state index in [2.05, 4.69) is 20.9 Å². The number of Topliss-reactive ketones (excluding diaryl/α,β-unsaturated/α-hetero) is 1. The fourth-order valence-corrected chi connectivity index (χ4v) is 6.74. The summed E-state index contributed by atoms with van der Waals surface area (Å²) in [6.07, 6.45) is 0.751. The van der Waals surface area contributed by atoms with Gasteiger partial charge in [-0.15, -0.1) is 13.2 Å². The number of carbonyl (C=O) groups is 6. The number of aliphatic hydroxyl groups excluding tert-OH is 2. The second-order valence-electron chi connectivity index (χ2n) is 15.8. The van der Waals surface area contributed by atoms with Crippen LogP contribution in [0.5, 0.6) is 5.75 Å². The summed E-state index contributed by atoms with van der Waals surface area (Å²) in [4.78, 5) is 83.8. The number of hydrogen-bond acceptors (Lipinski definition) is 12. The molecule has 2 heterocycles. The molecule has 16 nitrogen and oxygen atoms in total. The number of phenols is 1. The number of amides is 4. The lowest BCUT2D eigenvalue weighted by Crippen LogP contribution is -2.62. The molecule has 62 heavy (non-hydrogen) atoms. The van der Waals surface area contributed by atoms with Crippen molar-refractivity contribution in [3.63, 3.8) is 0 Å². The summed E-state index contributed by atoms with van der Waals surface area (Å²) in [6.45, 7) is 7.86. The van der Waals surface area contributed by atoms with Crippen molar-refractivity contribution < 1.29 is 66.8 Å². The fraction of sp³-hybridized carbons (Fsp3) is 0.535. The number of rotatable bonds is 10. The maximum atomic E-state index is 14.3. The van der Waals surface area contributed by atoms with Gasteiger partial charge in [0, 0.05) is 44.8 Å². The smallest absolute Gasteiger partial charge is 0.508 e. The van der Waals surface area contributed by atoms with E-state index in [1.54, 1.807) is 39.0 Å². The SMILES string of the molecule is CC(=O)CC[C@H]1C(=O)N[C@@H](C(C)C)C(=O)N[C@@H](Cc2cccc(O)c2)C(=O)N2CCCC(N2)C(=O)O[C@H](/C(C)=C/C=C/C(=O)N(C)OC(F)(F)F)C/C=C/C=C/[C@H](O)[C@H](C)[C@H]1O. The van der Waals surface area contributed by atoms with Gasteiger partial charge in [0.2, 0.25) is 11.8 Å². The Morgan fingerprint density at radius 2 is 1.79 bits per heavy atom. The number of carbonyl (C=O) groups excluding carboxylic acids is 6. The van der Waals surface area contributed by atoms with Gasteiger partial charge < -0.3 is 35.5 Å². The molecule has 6 N–H and O–H groups in total. The lowest BCUT2D eigenvalue weighted by molar-refractivity contribution is -0.396. The molecule has 0 saturated carbocycles. The molecule has 0 radical (unpaired) electrons. The lowest BCUT2D eigenvalue weighted by atomic mass is 9.84. The van der Waals surface area contributed by atoms with Crippen LogP contribution in [-0.2, 0) is 44.8 Å². The van der Waals surface area contributed by atoms with E-state index in [9.17, 15) is 57.3 Å². The highest BCUT2D eigenvalue weighted by Crippen LogP contribution is 2.24. The molecule has 0 aromatic heterocycles. The molecule has 3 rings (SSSR count). The van der Waals surface area contributed by atoms with E-state index in [0.717, 1.165) is 19.2 Å². The van der Waals surface area contributed by atoms with Crippen LogP contribution in [0.3, 0.4) is 0 Å². The summed E-state index contributed by atoms with van der Waals surface area (Å²) in [5, 5.41) is 39.3. The quantitative estimate of drug-likeness (QED) is 0.0863. The number of ether oxygens (including phenoxy) is 1. The molecule has 4 amide bonds. The van der Waals surface area contributed by atoms with Crippen LogP contribution in [0.1, 0.15) is 72.3 Å². The number of phenolic OH excluding ortho intramolecular Hbond substituents is 1. The Labute approximate surface area is 358 Å². The van der Waals surface area contributed by atoms with Gasteiger partial charge >= 0.3 is 12.3 Å². The van der Waals surface area contributed by atoms with Crippen LogP contribution in [-0.4, -0.2) is 117 Å². The summed E-state index contributed by atoms with van der Waals surface area (Å²) < 4.78 is 43.7. The van der Waals surface area contributed by atoms with Crippen LogP contribution in [0, 0.1) is 17.8 Å². The number of benzene rings is 1. The third kappa shape index (κ3) is 16.2. The highest BCUT2D eigenvalue weighted by Gasteiger charge is 2.39. The summed E-state index contributed by atoms with van der Waals surface area (Å²) in [7, 11) is 0.785. The van der Waals surface area contributed by atoms with E-state index in [1.807, 2.05) is 0 Å². The minimum absolute atomic E-state index is 0.00220. The van der Waals surface area contributed by atoms with E-state index >= 15 is 0 Å². The molecular weight excluding hydrogens is 819 g/mol. The highest BCUT2D eigenvalue weighted by molar-refractivity contribution is 5.93. The zero-order valence-corrected chi connectivity index (χ0v) is 35.6. The van der Waals surface area contributed by atoms with Gasteiger partial charge in [-0.25, -0.2) is 10.5 Å². The van der Waals surface area contributed by atoms with E-state index in [-0.39, 0.29) is 55.2 Å². The standard InChI is InChI=1S/C43H58F3N5O11/c1-25(2)37-40(58)47-33(24-29-14-11-15-30(53)23-29)41(59)51-22-12-16-32(49-51)42(60)61-35(26(3)13-10-19-36(55)50(6)62-43(44,45)46)18-9-7-8-17-34(54)28(5)38(56)31(39(57)48-37)21-20-27(4)52/h7-11,13-15,17,19,23,25,28,31-35,37-38,49,53-54,56H,12,16,18,20-22,24H2,1-6H3,(H,47,58)(H,48,57)/b9-7+,17-8+,19-10+,26-13+/t28-,31+,32?,33-,34-,35-,37-,38+/m0/s1. The molecule has 1 fully saturated rings. The number of halogens is 3. The number of hydrogen-bond donors (Lipinski definition) is 6. The molecule has 1 saturated heterocycles. The second kappa shape index (κ2) is 23.7. The minimum Gasteiger partial charge on any atom is -0.508 e. The number of aromatic hydroxyl groups is 1. The van der Waals surface area contributed by atoms with Crippen LogP contribution in [0.25, 0.3) is 0 Å². The Balaban J connectivity index is 2.06. The molecule has 2 aliphatic heterocycles. The van der Waals surface area contributed by atoms with Crippen molar-refractivity contribution in [2.75, 3.05) is 13.6 Å². The van der Waals surface area contributed by atoms with E-state index in [1.165, 1.54) is 55.3 Å². The minimum atomic E-state index is -5.09. The van der Waals surface area contributed by atoms with Gasteiger partial charge in [0.05, 0.1) is 18.1 Å². The van der Waals surface area contributed by atoms with Gasteiger partial charge in [0.1, 0.15) is 35.8 Å². The molecule has 0 spiro atoms. The van der Waals surface area contributed by atoms with Crippen molar-refractivity contribution in [1.82, 2.24) is 26.1 Å². The third-order valence-corrected chi connectivity index (χ3v) is 10.4. The van der Waals surface area contributed by atoms with Crippen molar-refractivity contribution >= 4 is 35.4 Å². The van der Waals surface area contributed by atoms with Crippen LogP contribution < -0.4 is 16.1 Å². The number of hydroxylamine groups is 2. The third-order valence-electron chi connectivity index (χ3n) is 10.4. The van der Waals surface area contributed by atoms with Crippen LogP contribution in [0.4, 0.5) is 13.2 Å². The summed E-state index contributed by atoms with van der Waals surface area (Å²) >= 11 is 0. The molecule has 19 heteroatoms. The van der Waals surface area contributed by atoms with Crippen molar-refractivity contribution in [2.45, 2.75) is 116 Å². The highest BCUT2D eigenvalue weighted by atomic mass is 19.4. The topological polar surface area (TPSA) is 224 Å². The number of aliphatic hydroxyl groups is 2. The molecule has 342 valence electrons. The molecule has 1 unspecified atom stereocenters. The number of likely N-dealkylation sites (N-methyl/N-ethyl adjacent to an activating group) is 1. The predicted octanol–water partition coefficient (Wildman–Crippen LogP) is 3.24. The van der Waals surface area contributed by atoms with Gasteiger partial charge in [0.15, 0.2) is 0 Å². The Bertz CT molecular complexity index is 1870. The normalized spacial score (nSPS) is 27.7. The molecule has 8 atom stereocenters. The maximum Gasteiger partial charge on any atom is 0.544 e. The van der Waals surface area contributed by atoms with Crippen LogP contribution in [0.15, 0.2) is 72.4 Å². The first-order chi connectivity index (χ1) is 29.1. The number of nitrogens with zero attached hydrogens (tertiary/aromatic N) is 2. The predicted molar refractivity (Wildman–Crippen MR) is 219 cm³/mol. The van der Waals surface area contributed by atoms with Gasteiger partial charge in [-0.05, 0) is 62.3 Å². The Kier molecular flexibility index (Phi) is 19.5. The monoisotopic (exact) mass is 877 g/mol. The molecular formula is C43H58F3N5O11. The van der Waals surface area contributed by atoms with Crippen LogP contribution in [0.2, 0.25) is 0 Å². The fourth-order valence-electron chi connectivity index (χ4n) is 6.74. The zero-order valence-electron chi connectivity index (χ0n) is 35.6. The number of nitrogens with one attached hydrogen (secondary N) is 3. The first-order valence-corrected chi connectivity index (χ1v) is 20.3. The van der Waals surface area contributed by atoms with Gasteiger partial charge in [-0.2, -0.15) is 4.84 Å². The first-order valence-electron chi connectivity index (χ1n) is 20.3. The summed E-state index contributed by atoms with van der Waals surface area (Å²) in [5.41, 5.74) is 3.75. The summed E-state index contributed by atoms with van der Waals surface area (Å²) in [5.74, 6) is -7.10. The average molecular weight is 878 g/mol. The van der Waals surface area contributed by atoms with E-state index < -0.39 is 90.2 Å². The first kappa shape index (κ1) is 51.0. The number of hydrazine groups is 1. The van der Waals surface area contributed by atoms with Crippen molar-refractivity contribution in [3.05, 3.63) is 77.9 Å². The Morgan fingerprint density at radius 3 is 2.44 bits per heavy atom. The van der Waals surface area contributed by atoms with Gasteiger partial charge in [-0.3, -0.25) is 29.0 Å². The lowest BCUT2D eigenvalue weighted by Gasteiger charge is -2.36. The number of ketones is 1. The van der Waals surface area contributed by atoms with Crippen molar-refractivity contribution in [1.29, 1.82) is 0 Å². The number of allylic oxidation sites excluding steroid dienone is 4. The molecule has 2 aliphatic rings. The van der Waals surface area contributed by atoms with Crippen molar-refractivity contribution in [3.8, 4) is 5.75 Å². The number of esters is 1. The van der Waals surface area contributed by atoms with E-state index in [4.69, 9.17) is 4.74 Å². The number of alkyl halides is 3. The number of fused-ring (bicyclic) bond motifs is 2.